The van der Waals surface area contributed by atoms with Crippen molar-refractivity contribution < 1.29 is 14.1 Å². The molecule has 124 valence electrons. The zero-order valence-electron chi connectivity index (χ0n) is 13.6. The lowest BCUT2D eigenvalue weighted by atomic mass is 10.2. The van der Waals surface area contributed by atoms with Crippen molar-refractivity contribution >= 4 is 17.6 Å². The van der Waals surface area contributed by atoms with Crippen LogP contribution in [0.2, 0.25) is 0 Å². The fourth-order valence-electron chi connectivity index (χ4n) is 1.85. The van der Waals surface area contributed by atoms with Gasteiger partial charge in [-0.1, -0.05) is 24.2 Å². The van der Waals surface area contributed by atoms with Gasteiger partial charge in [-0.15, -0.1) is 5.10 Å². The van der Waals surface area contributed by atoms with Crippen molar-refractivity contribution in [3.05, 3.63) is 23.2 Å². The van der Waals surface area contributed by atoms with E-state index >= 15 is 0 Å². The summed E-state index contributed by atoms with van der Waals surface area (Å²) in [6, 6.07) is 0. The quantitative estimate of drug-likeness (QED) is 0.813. The molecule has 2 rings (SSSR count). The number of amides is 2. The van der Waals surface area contributed by atoms with Gasteiger partial charge in [0.05, 0.1) is 11.9 Å². The van der Waals surface area contributed by atoms with Gasteiger partial charge < -0.3 is 15.2 Å². The van der Waals surface area contributed by atoms with Crippen LogP contribution in [0.1, 0.15) is 30.9 Å². The molecule has 0 atom stereocenters. The van der Waals surface area contributed by atoms with Gasteiger partial charge in [-0.2, -0.15) is 0 Å². The minimum atomic E-state index is -0.225. The van der Waals surface area contributed by atoms with Crippen LogP contribution in [0.4, 0.5) is 5.82 Å². The van der Waals surface area contributed by atoms with E-state index in [4.69, 9.17) is 4.52 Å². The Labute approximate surface area is 133 Å². The third-order valence-electron chi connectivity index (χ3n) is 3.26. The predicted octanol–water partition coefficient (Wildman–Crippen LogP) is 0.794. The van der Waals surface area contributed by atoms with Gasteiger partial charge in [-0.05, 0) is 13.8 Å². The number of nitrogens with one attached hydrogen (secondary N) is 2. The third-order valence-corrected chi connectivity index (χ3v) is 3.26. The Hall–Kier alpha value is -2.71. The van der Waals surface area contributed by atoms with Crippen molar-refractivity contribution in [3.63, 3.8) is 0 Å². The second-order valence-electron chi connectivity index (χ2n) is 5.52. The first-order chi connectivity index (χ1) is 10.9. The van der Waals surface area contributed by atoms with E-state index in [1.54, 1.807) is 20.8 Å². The van der Waals surface area contributed by atoms with E-state index in [9.17, 15) is 9.59 Å². The van der Waals surface area contributed by atoms with Gasteiger partial charge in [0.15, 0.2) is 5.82 Å². The molecule has 2 aromatic rings. The van der Waals surface area contributed by atoms with E-state index in [0.717, 1.165) is 11.3 Å². The molecular formula is C14H20N6O3. The van der Waals surface area contributed by atoms with Crippen molar-refractivity contribution in [2.24, 2.45) is 5.92 Å². The molecule has 2 aromatic heterocycles. The minimum Gasteiger partial charge on any atom is -0.361 e. The molecule has 0 radical (unpaired) electrons. The SMILES string of the molecule is Cc1noc(C)c1CNC(=O)Cn1cc(NC(=O)C(C)C)nn1. The summed E-state index contributed by atoms with van der Waals surface area (Å²) in [5, 5.41) is 16.8. The highest BCUT2D eigenvalue weighted by Crippen LogP contribution is 2.11. The monoisotopic (exact) mass is 320 g/mol. The molecule has 0 saturated heterocycles. The van der Waals surface area contributed by atoms with Crippen LogP contribution in [-0.4, -0.2) is 32.0 Å². The molecule has 0 aromatic carbocycles. The third kappa shape index (κ3) is 4.38. The van der Waals surface area contributed by atoms with E-state index < -0.39 is 0 Å². The lowest BCUT2D eigenvalue weighted by molar-refractivity contribution is -0.122. The number of anilines is 1. The highest BCUT2D eigenvalue weighted by atomic mass is 16.5. The van der Waals surface area contributed by atoms with Crippen LogP contribution in [0, 0.1) is 19.8 Å². The Morgan fingerprint density at radius 1 is 1.35 bits per heavy atom. The van der Waals surface area contributed by atoms with Crippen LogP contribution in [0.25, 0.3) is 0 Å². The van der Waals surface area contributed by atoms with Crippen molar-refractivity contribution in [1.29, 1.82) is 0 Å². The maximum Gasteiger partial charge on any atom is 0.242 e. The number of carbonyl (C=O) groups excluding carboxylic acids is 2. The average Bonchev–Trinajstić information content (AvgIpc) is 3.04. The largest absolute Gasteiger partial charge is 0.361 e. The van der Waals surface area contributed by atoms with Gasteiger partial charge in [-0.25, -0.2) is 4.68 Å². The summed E-state index contributed by atoms with van der Waals surface area (Å²) in [6.45, 7) is 7.52. The molecule has 0 unspecified atom stereocenters. The Kier molecular flexibility index (Phi) is 5.09. The summed E-state index contributed by atoms with van der Waals surface area (Å²) in [6.07, 6.45) is 1.51. The number of hydrogen-bond acceptors (Lipinski definition) is 6. The van der Waals surface area contributed by atoms with Crippen molar-refractivity contribution in [3.8, 4) is 0 Å². The fourth-order valence-corrected chi connectivity index (χ4v) is 1.85. The van der Waals surface area contributed by atoms with E-state index in [1.807, 2.05) is 6.92 Å². The molecule has 0 bridgehead atoms. The number of carbonyl (C=O) groups is 2. The van der Waals surface area contributed by atoms with E-state index in [-0.39, 0.29) is 24.3 Å². The Bertz CT molecular complexity index is 684. The molecule has 23 heavy (non-hydrogen) atoms. The Morgan fingerprint density at radius 2 is 2.09 bits per heavy atom. The molecule has 2 N–H and O–H groups in total. The molecule has 9 nitrogen and oxygen atoms in total. The van der Waals surface area contributed by atoms with Crippen LogP contribution in [0.3, 0.4) is 0 Å². The standard InChI is InChI=1S/C14H20N6O3/c1-8(2)14(22)16-12-6-20(19-17-12)7-13(21)15-5-11-9(3)18-23-10(11)4/h6,8H,5,7H2,1-4H3,(H,15,21)(H,16,22). The van der Waals surface area contributed by atoms with Gasteiger partial charge in [0.1, 0.15) is 12.3 Å². The van der Waals surface area contributed by atoms with Crippen LogP contribution in [0.15, 0.2) is 10.7 Å². The molecule has 0 fully saturated rings. The molecule has 0 saturated carbocycles. The van der Waals surface area contributed by atoms with Crippen LogP contribution in [-0.2, 0) is 22.7 Å². The topological polar surface area (TPSA) is 115 Å². The summed E-state index contributed by atoms with van der Waals surface area (Å²) >= 11 is 0. The Balaban J connectivity index is 1.86. The molecule has 9 heteroatoms. The smallest absolute Gasteiger partial charge is 0.242 e. The van der Waals surface area contributed by atoms with Crippen molar-refractivity contribution in [2.45, 2.75) is 40.8 Å². The number of aromatic nitrogens is 4. The fraction of sp³-hybridized carbons (Fsp3) is 0.500. The zero-order chi connectivity index (χ0) is 17.0. The maximum absolute atomic E-state index is 11.9. The molecule has 0 spiro atoms. The first-order valence-electron chi connectivity index (χ1n) is 7.26. The number of hydrogen-bond donors (Lipinski definition) is 2. The highest BCUT2D eigenvalue weighted by Gasteiger charge is 2.13. The van der Waals surface area contributed by atoms with Crippen LogP contribution in [0.5, 0.6) is 0 Å². The summed E-state index contributed by atoms with van der Waals surface area (Å²) in [5.74, 6) is 0.472. The molecular weight excluding hydrogens is 300 g/mol. The lowest BCUT2D eigenvalue weighted by Gasteiger charge is -2.04. The lowest BCUT2D eigenvalue weighted by Crippen LogP contribution is -2.27. The predicted molar refractivity (Wildman–Crippen MR) is 81.3 cm³/mol. The molecule has 0 aliphatic rings. The van der Waals surface area contributed by atoms with E-state index in [0.29, 0.717) is 18.1 Å². The molecule has 0 aliphatic carbocycles. The summed E-state index contributed by atoms with van der Waals surface area (Å²) in [7, 11) is 0. The van der Waals surface area contributed by atoms with Gasteiger partial charge >= 0.3 is 0 Å². The van der Waals surface area contributed by atoms with Crippen LogP contribution >= 0.6 is 0 Å². The minimum absolute atomic E-state index is 0.00786. The molecule has 2 amide bonds. The summed E-state index contributed by atoms with van der Waals surface area (Å²) < 4.78 is 6.40. The number of rotatable bonds is 6. The number of aryl methyl sites for hydroxylation is 2. The second-order valence-corrected chi connectivity index (χ2v) is 5.52. The first kappa shape index (κ1) is 16.7. The normalized spacial score (nSPS) is 10.8. The molecule has 2 heterocycles. The number of nitrogens with zero attached hydrogens (tertiary/aromatic N) is 4. The summed E-state index contributed by atoms with van der Waals surface area (Å²) in [5.41, 5.74) is 1.61. The van der Waals surface area contributed by atoms with Gasteiger partial charge in [0.2, 0.25) is 11.8 Å². The van der Waals surface area contributed by atoms with Gasteiger partial charge in [0.25, 0.3) is 0 Å². The van der Waals surface area contributed by atoms with Crippen LogP contribution < -0.4 is 10.6 Å². The van der Waals surface area contributed by atoms with Crippen molar-refractivity contribution in [1.82, 2.24) is 25.5 Å². The Morgan fingerprint density at radius 3 is 2.70 bits per heavy atom. The van der Waals surface area contributed by atoms with Crippen molar-refractivity contribution in [2.75, 3.05) is 5.32 Å². The van der Waals surface area contributed by atoms with Gasteiger partial charge in [-0.3, -0.25) is 9.59 Å². The molecule has 0 aliphatic heterocycles. The second kappa shape index (κ2) is 7.03. The maximum atomic E-state index is 11.9. The van der Waals surface area contributed by atoms with E-state index in [2.05, 4.69) is 26.1 Å². The average molecular weight is 320 g/mol. The first-order valence-corrected chi connectivity index (χ1v) is 7.26. The zero-order valence-corrected chi connectivity index (χ0v) is 13.6. The van der Waals surface area contributed by atoms with E-state index in [1.165, 1.54) is 10.9 Å². The summed E-state index contributed by atoms with van der Waals surface area (Å²) in [4.78, 5) is 23.5. The highest BCUT2D eigenvalue weighted by molar-refractivity contribution is 5.90. The van der Waals surface area contributed by atoms with Gasteiger partial charge in [0, 0.05) is 18.0 Å².